The Bertz CT molecular complexity index is 367. The lowest BCUT2D eigenvalue weighted by Gasteiger charge is -2.16. The Morgan fingerprint density at radius 1 is 1.37 bits per heavy atom. The fourth-order valence-electron chi connectivity index (χ4n) is 1.86. The zero-order chi connectivity index (χ0) is 14.1. The normalized spacial score (nSPS) is 13.8. The molecule has 4 heteroatoms. The summed E-state index contributed by atoms with van der Waals surface area (Å²) in [6.45, 7) is 4.56. The summed E-state index contributed by atoms with van der Waals surface area (Å²) >= 11 is 0. The van der Waals surface area contributed by atoms with E-state index >= 15 is 0 Å². The number of esters is 1. The Kier molecular flexibility index (Phi) is 7.15. The van der Waals surface area contributed by atoms with Crippen LogP contribution in [0.5, 0.6) is 0 Å². The summed E-state index contributed by atoms with van der Waals surface area (Å²) in [7, 11) is 0. The highest BCUT2D eigenvalue weighted by Gasteiger charge is 2.12. The smallest absolute Gasteiger partial charge is 0.308 e. The molecule has 1 rings (SSSR count). The molecule has 0 bridgehead atoms. The van der Waals surface area contributed by atoms with Crippen molar-refractivity contribution in [3.8, 4) is 0 Å². The van der Waals surface area contributed by atoms with E-state index in [0.717, 1.165) is 6.42 Å². The number of benzene rings is 1. The zero-order valence-corrected chi connectivity index (χ0v) is 11.6. The lowest BCUT2D eigenvalue weighted by Crippen LogP contribution is -2.36. The number of nitrogens with one attached hydrogen (secondary N) is 1. The molecule has 0 aliphatic carbocycles. The highest BCUT2D eigenvalue weighted by atomic mass is 16.5. The van der Waals surface area contributed by atoms with Crippen LogP contribution in [0, 0.1) is 0 Å². The third-order valence-corrected chi connectivity index (χ3v) is 2.79. The van der Waals surface area contributed by atoms with Crippen LogP contribution in [0.1, 0.15) is 25.8 Å². The van der Waals surface area contributed by atoms with E-state index in [2.05, 4.69) is 24.4 Å². The second kappa shape index (κ2) is 8.67. The van der Waals surface area contributed by atoms with Crippen LogP contribution in [0.25, 0.3) is 0 Å². The molecule has 2 atom stereocenters. The maximum absolute atomic E-state index is 11.2. The van der Waals surface area contributed by atoms with Gasteiger partial charge in [-0.1, -0.05) is 30.3 Å². The molecule has 2 N–H and O–H groups in total. The van der Waals surface area contributed by atoms with E-state index in [-0.39, 0.29) is 18.4 Å². The second-order valence-electron chi connectivity index (χ2n) is 4.66. The van der Waals surface area contributed by atoms with Crippen molar-refractivity contribution in [2.45, 2.75) is 38.8 Å². The third-order valence-electron chi connectivity index (χ3n) is 2.79. The van der Waals surface area contributed by atoms with Crippen LogP contribution in [0.2, 0.25) is 0 Å². The number of ether oxygens (including phenoxy) is 1. The molecule has 0 aliphatic heterocycles. The van der Waals surface area contributed by atoms with Crippen LogP contribution in [0.15, 0.2) is 30.3 Å². The molecule has 0 heterocycles. The van der Waals surface area contributed by atoms with E-state index in [1.165, 1.54) is 5.56 Å². The summed E-state index contributed by atoms with van der Waals surface area (Å²) in [6.07, 6.45) is 0.239. The van der Waals surface area contributed by atoms with Gasteiger partial charge in [0.05, 0.1) is 19.1 Å². The van der Waals surface area contributed by atoms with Gasteiger partial charge in [0.2, 0.25) is 0 Å². The van der Waals surface area contributed by atoms with Crippen LogP contribution in [0.3, 0.4) is 0 Å². The van der Waals surface area contributed by atoms with Gasteiger partial charge < -0.3 is 15.2 Å². The van der Waals surface area contributed by atoms with Crippen molar-refractivity contribution in [1.82, 2.24) is 5.32 Å². The zero-order valence-electron chi connectivity index (χ0n) is 11.6. The first-order valence-electron chi connectivity index (χ1n) is 6.72. The second-order valence-corrected chi connectivity index (χ2v) is 4.66. The maximum Gasteiger partial charge on any atom is 0.308 e. The predicted octanol–water partition coefficient (Wildman–Crippen LogP) is 1.52. The van der Waals surface area contributed by atoms with Crippen LogP contribution in [-0.4, -0.2) is 36.4 Å². The summed E-state index contributed by atoms with van der Waals surface area (Å²) in [5.41, 5.74) is 1.25. The molecule has 106 valence electrons. The van der Waals surface area contributed by atoms with E-state index in [4.69, 9.17) is 4.74 Å². The van der Waals surface area contributed by atoms with E-state index < -0.39 is 6.10 Å². The number of carbonyl (C=O) groups excluding carboxylic acids is 1. The quantitative estimate of drug-likeness (QED) is 0.700. The van der Waals surface area contributed by atoms with Gasteiger partial charge in [0.25, 0.3) is 0 Å². The standard InChI is InChI=1S/C15H23NO3/c1-3-19-15(18)10-14(17)11-16-12(2)9-13-7-5-4-6-8-13/h4-8,12,14,16-17H,3,9-11H2,1-2H3. The highest BCUT2D eigenvalue weighted by molar-refractivity contribution is 5.69. The molecule has 0 saturated carbocycles. The van der Waals surface area contributed by atoms with Crippen molar-refractivity contribution < 1.29 is 14.6 Å². The summed E-state index contributed by atoms with van der Waals surface area (Å²) < 4.78 is 4.79. The van der Waals surface area contributed by atoms with E-state index in [9.17, 15) is 9.90 Å². The molecule has 0 saturated heterocycles. The lowest BCUT2D eigenvalue weighted by molar-refractivity contribution is -0.145. The minimum absolute atomic E-state index is 0.0406. The Morgan fingerprint density at radius 3 is 2.68 bits per heavy atom. The molecule has 2 unspecified atom stereocenters. The van der Waals surface area contributed by atoms with Gasteiger partial charge in [0, 0.05) is 12.6 Å². The molecule has 0 spiro atoms. The highest BCUT2D eigenvalue weighted by Crippen LogP contribution is 2.03. The minimum Gasteiger partial charge on any atom is -0.466 e. The molecule has 0 aromatic heterocycles. The Balaban J connectivity index is 2.22. The van der Waals surface area contributed by atoms with Gasteiger partial charge in [0.15, 0.2) is 0 Å². The molecule has 1 aromatic rings. The average Bonchev–Trinajstić information content (AvgIpc) is 2.38. The Labute approximate surface area is 114 Å². The largest absolute Gasteiger partial charge is 0.466 e. The third kappa shape index (κ3) is 6.94. The number of hydrogen-bond acceptors (Lipinski definition) is 4. The molecule has 4 nitrogen and oxygen atoms in total. The molecular formula is C15H23NO3. The van der Waals surface area contributed by atoms with Gasteiger partial charge >= 0.3 is 5.97 Å². The van der Waals surface area contributed by atoms with Crippen LogP contribution in [-0.2, 0) is 16.0 Å². The molecule has 19 heavy (non-hydrogen) atoms. The molecule has 0 amide bonds. The van der Waals surface area contributed by atoms with Crippen molar-refractivity contribution in [2.75, 3.05) is 13.2 Å². The fourth-order valence-corrected chi connectivity index (χ4v) is 1.86. The SMILES string of the molecule is CCOC(=O)CC(O)CNC(C)Cc1ccccc1. The predicted molar refractivity (Wildman–Crippen MR) is 74.9 cm³/mol. The van der Waals surface area contributed by atoms with Crippen molar-refractivity contribution in [1.29, 1.82) is 0 Å². The lowest BCUT2D eigenvalue weighted by atomic mass is 10.1. The van der Waals surface area contributed by atoms with E-state index in [0.29, 0.717) is 13.2 Å². The van der Waals surface area contributed by atoms with E-state index in [1.54, 1.807) is 6.92 Å². The van der Waals surface area contributed by atoms with Gasteiger partial charge in [-0.3, -0.25) is 4.79 Å². The maximum atomic E-state index is 11.2. The van der Waals surface area contributed by atoms with Crippen LogP contribution in [0.4, 0.5) is 0 Å². The summed E-state index contributed by atoms with van der Waals surface area (Å²) in [5.74, 6) is -0.354. The number of carbonyl (C=O) groups is 1. The summed E-state index contributed by atoms with van der Waals surface area (Å²) in [6, 6.07) is 10.4. The number of aliphatic hydroxyl groups excluding tert-OH is 1. The minimum atomic E-state index is -0.697. The monoisotopic (exact) mass is 265 g/mol. The van der Waals surface area contributed by atoms with Crippen LogP contribution < -0.4 is 5.32 Å². The number of hydrogen-bond donors (Lipinski definition) is 2. The fraction of sp³-hybridized carbons (Fsp3) is 0.533. The summed E-state index contributed by atoms with van der Waals surface area (Å²) in [4.78, 5) is 11.2. The molecule has 0 fully saturated rings. The molecular weight excluding hydrogens is 242 g/mol. The van der Waals surface area contributed by atoms with Crippen molar-refractivity contribution in [3.05, 3.63) is 35.9 Å². The van der Waals surface area contributed by atoms with Gasteiger partial charge in [-0.15, -0.1) is 0 Å². The van der Waals surface area contributed by atoms with Gasteiger partial charge in [-0.2, -0.15) is 0 Å². The molecule has 0 aliphatic rings. The Hall–Kier alpha value is -1.39. The van der Waals surface area contributed by atoms with Crippen molar-refractivity contribution >= 4 is 5.97 Å². The first-order chi connectivity index (χ1) is 9.11. The van der Waals surface area contributed by atoms with Crippen LogP contribution >= 0.6 is 0 Å². The first kappa shape index (κ1) is 15.7. The number of aliphatic hydroxyl groups is 1. The van der Waals surface area contributed by atoms with Gasteiger partial charge in [-0.05, 0) is 25.8 Å². The van der Waals surface area contributed by atoms with E-state index in [1.807, 2.05) is 18.2 Å². The Morgan fingerprint density at radius 2 is 2.05 bits per heavy atom. The van der Waals surface area contributed by atoms with Crippen molar-refractivity contribution in [2.24, 2.45) is 0 Å². The van der Waals surface area contributed by atoms with Gasteiger partial charge in [-0.25, -0.2) is 0 Å². The molecule has 0 radical (unpaired) electrons. The van der Waals surface area contributed by atoms with Gasteiger partial charge in [0.1, 0.15) is 0 Å². The average molecular weight is 265 g/mol. The molecule has 1 aromatic carbocycles. The summed E-state index contributed by atoms with van der Waals surface area (Å²) in [5, 5.41) is 12.9. The van der Waals surface area contributed by atoms with Crippen molar-refractivity contribution in [3.63, 3.8) is 0 Å². The number of rotatable bonds is 8. The topological polar surface area (TPSA) is 58.6 Å². The first-order valence-corrected chi connectivity index (χ1v) is 6.72.